The number of nitrogens with one attached hydrogen (secondary N) is 1. The number of carbonyl (C=O) groups is 3. The van der Waals surface area contributed by atoms with Crippen molar-refractivity contribution in [1.29, 1.82) is 0 Å². The molecular weight excluding hydrogens is 486 g/mol. The highest BCUT2D eigenvalue weighted by atomic mass is 16.5. The molecule has 0 aliphatic rings. The highest BCUT2D eigenvalue weighted by Gasteiger charge is 2.15. The van der Waals surface area contributed by atoms with Gasteiger partial charge in [-0.05, 0) is 65.6 Å². The van der Waals surface area contributed by atoms with Gasteiger partial charge in [0.1, 0.15) is 23.0 Å². The molecule has 3 rings (SSSR count). The Morgan fingerprint density at radius 2 is 1.39 bits per heavy atom. The van der Waals surface area contributed by atoms with Crippen molar-refractivity contribution in [2.45, 2.75) is 12.8 Å². The maximum Gasteiger partial charge on any atom is 0.318 e. The zero-order valence-corrected chi connectivity index (χ0v) is 21.8. The molecule has 3 N–H and O–H groups in total. The topological polar surface area (TPSA) is 120 Å². The van der Waals surface area contributed by atoms with Crippen molar-refractivity contribution in [3.8, 4) is 23.0 Å². The molecule has 0 spiro atoms. The average Bonchev–Trinajstić information content (AvgIpc) is 2.90. The Bertz CT molecular complexity index is 1290. The van der Waals surface area contributed by atoms with Gasteiger partial charge in [0, 0.05) is 32.2 Å². The van der Waals surface area contributed by atoms with E-state index in [9.17, 15) is 14.4 Å². The molecule has 0 aromatic heterocycles. The number of carbonyl (C=O) groups excluding carboxylic acids is 3. The zero-order chi connectivity index (χ0) is 27.7. The molecule has 9 heteroatoms. The number of likely N-dealkylation sites (N-methyl/N-ethyl adjacent to an activating group) is 1. The van der Waals surface area contributed by atoms with Gasteiger partial charge in [0.05, 0.1) is 14.2 Å². The number of nitrogens with zero attached hydrogens (tertiary/aromatic N) is 1. The molecular formula is C29H31N3O6. The summed E-state index contributed by atoms with van der Waals surface area (Å²) in [5.74, 6) is 1.88. The lowest BCUT2D eigenvalue weighted by atomic mass is 10.0. The second kappa shape index (κ2) is 13.0. The molecule has 9 nitrogen and oxygen atoms in total. The lowest BCUT2D eigenvalue weighted by Crippen LogP contribution is -2.35. The molecule has 38 heavy (non-hydrogen) atoms. The van der Waals surface area contributed by atoms with E-state index >= 15 is 0 Å². The van der Waals surface area contributed by atoms with Gasteiger partial charge in [0.25, 0.3) is 5.91 Å². The SMILES string of the molecule is COc1cc(/C=C(/C(=O)N(C)C)c2ccc(Oc3ccc(CCC(=O)NC(N)=O)cc3)cc2)cc(OC)c1. The summed E-state index contributed by atoms with van der Waals surface area (Å²) in [6.07, 6.45) is 2.41. The molecule has 198 valence electrons. The van der Waals surface area contributed by atoms with Crippen LogP contribution in [0.1, 0.15) is 23.1 Å². The molecule has 0 aliphatic carbocycles. The monoisotopic (exact) mass is 517 g/mol. The number of benzene rings is 3. The largest absolute Gasteiger partial charge is 0.497 e. The summed E-state index contributed by atoms with van der Waals surface area (Å²) in [4.78, 5) is 36.9. The van der Waals surface area contributed by atoms with Crippen molar-refractivity contribution < 1.29 is 28.6 Å². The van der Waals surface area contributed by atoms with Crippen molar-refractivity contribution >= 4 is 29.5 Å². The molecule has 3 aromatic rings. The number of rotatable bonds is 10. The Kier molecular flexibility index (Phi) is 9.48. The van der Waals surface area contributed by atoms with Crippen molar-refractivity contribution in [3.05, 3.63) is 83.4 Å². The van der Waals surface area contributed by atoms with Gasteiger partial charge in [-0.1, -0.05) is 24.3 Å². The van der Waals surface area contributed by atoms with Gasteiger partial charge in [-0.2, -0.15) is 0 Å². The third kappa shape index (κ3) is 7.86. The summed E-state index contributed by atoms with van der Waals surface area (Å²) in [7, 11) is 6.55. The van der Waals surface area contributed by atoms with Crippen LogP contribution < -0.4 is 25.3 Å². The van der Waals surface area contributed by atoms with Crippen LogP contribution >= 0.6 is 0 Å². The fourth-order valence-corrected chi connectivity index (χ4v) is 3.61. The van der Waals surface area contributed by atoms with Crippen LogP contribution in [-0.4, -0.2) is 51.1 Å². The predicted octanol–water partition coefficient (Wildman–Crippen LogP) is 4.25. The van der Waals surface area contributed by atoms with Crippen LogP contribution in [0.4, 0.5) is 4.79 Å². The number of methoxy groups -OCH3 is 2. The number of urea groups is 1. The van der Waals surface area contributed by atoms with E-state index in [-0.39, 0.29) is 12.3 Å². The van der Waals surface area contributed by atoms with Crippen molar-refractivity contribution in [3.63, 3.8) is 0 Å². The third-order valence-electron chi connectivity index (χ3n) is 5.55. The fraction of sp³-hybridized carbons (Fsp3) is 0.207. The first-order valence-corrected chi connectivity index (χ1v) is 11.8. The van der Waals surface area contributed by atoms with Crippen molar-refractivity contribution in [1.82, 2.24) is 10.2 Å². The van der Waals surface area contributed by atoms with Crippen LogP contribution in [0, 0.1) is 0 Å². The van der Waals surface area contributed by atoms with Gasteiger partial charge in [0.2, 0.25) is 5.91 Å². The van der Waals surface area contributed by atoms with E-state index in [4.69, 9.17) is 19.9 Å². The van der Waals surface area contributed by atoms with Crippen molar-refractivity contribution in [2.75, 3.05) is 28.3 Å². The summed E-state index contributed by atoms with van der Waals surface area (Å²) < 4.78 is 16.7. The fourth-order valence-electron chi connectivity index (χ4n) is 3.61. The number of imide groups is 1. The summed E-state index contributed by atoms with van der Waals surface area (Å²) >= 11 is 0. The highest BCUT2D eigenvalue weighted by molar-refractivity contribution is 6.24. The maximum atomic E-state index is 13.0. The lowest BCUT2D eigenvalue weighted by molar-refractivity contribution is -0.122. The van der Waals surface area contributed by atoms with Crippen molar-refractivity contribution in [2.24, 2.45) is 5.73 Å². The number of aryl methyl sites for hydroxylation is 1. The van der Waals surface area contributed by atoms with E-state index in [1.807, 2.05) is 41.7 Å². The quantitative estimate of drug-likeness (QED) is 0.306. The molecule has 0 unspecified atom stereocenters. The second-order valence-corrected chi connectivity index (χ2v) is 8.59. The molecule has 0 bridgehead atoms. The minimum Gasteiger partial charge on any atom is -0.497 e. The molecule has 0 fully saturated rings. The first-order chi connectivity index (χ1) is 18.2. The summed E-state index contributed by atoms with van der Waals surface area (Å²) in [6, 6.07) is 19.1. The third-order valence-corrected chi connectivity index (χ3v) is 5.55. The molecule has 0 saturated heterocycles. The second-order valence-electron chi connectivity index (χ2n) is 8.59. The van der Waals surface area contributed by atoms with E-state index in [0.29, 0.717) is 35.0 Å². The molecule has 0 heterocycles. The number of hydrogen-bond acceptors (Lipinski definition) is 6. The highest BCUT2D eigenvalue weighted by Crippen LogP contribution is 2.29. The number of hydrogen-bond donors (Lipinski definition) is 2. The molecule has 3 aromatic carbocycles. The van der Waals surface area contributed by atoms with Crippen LogP contribution in [0.15, 0.2) is 66.7 Å². The van der Waals surface area contributed by atoms with E-state index in [1.54, 1.807) is 64.7 Å². The van der Waals surface area contributed by atoms with Gasteiger partial charge in [-0.15, -0.1) is 0 Å². The van der Waals surface area contributed by atoms with E-state index in [0.717, 1.165) is 16.7 Å². The van der Waals surface area contributed by atoms with Crippen LogP contribution in [0.3, 0.4) is 0 Å². The Morgan fingerprint density at radius 3 is 1.89 bits per heavy atom. The van der Waals surface area contributed by atoms with Gasteiger partial charge in [-0.25, -0.2) is 4.79 Å². The van der Waals surface area contributed by atoms with E-state index in [2.05, 4.69) is 0 Å². The van der Waals surface area contributed by atoms with Crippen LogP contribution in [-0.2, 0) is 16.0 Å². The number of ether oxygens (including phenoxy) is 3. The minimum atomic E-state index is -0.862. The maximum absolute atomic E-state index is 13.0. The summed E-state index contributed by atoms with van der Waals surface area (Å²) in [6.45, 7) is 0. The average molecular weight is 518 g/mol. The summed E-state index contributed by atoms with van der Waals surface area (Å²) in [5.41, 5.74) is 7.85. The smallest absolute Gasteiger partial charge is 0.318 e. The zero-order valence-electron chi connectivity index (χ0n) is 21.8. The predicted molar refractivity (Wildman–Crippen MR) is 145 cm³/mol. The van der Waals surface area contributed by atoms with Gasteiger partial charge in [0.15, 0.2) is 0 Å². The van der Waals surface area contributed by atoms with Crippen LogP contribution in [0.2, 0.25) is 0 Å². The van der Waals surface area contributed by atoms with Crippen LogP contribution in [0.5, 0.6) is 23.0 Å². The van der Waals surface area contributed by atoms with Gasteiger partial charge >= 0.3 is 6.03 Å². The molecule has 0 saturated carbocycles. The van der Waals surface area contributed by atoms with E-state index in [1.165, 1.54) is 4.90 Å². The Balaban J connectivity index is 1.76. The van der Waals surface area contributed by atoms with E-state index < -0.39 is 11.9 Å². The Labute approximate surface area is 221 Å². The summed E-state index contributed by atoms with van der Waals surface area (Å²) in [5, 5.41) is 2.04. The lowest BCUT2D eigenvalue weighted by Gasteiger charge is -2.15. The Morgan fingerprint density at radius 1 is 0.842 bits per heavy atom. The Hall–Kier alpha value is -4.79. The standard InChI is InChI=1S/C29H31N3O6/c1-32(2)28(34)26(17-20-15-24(36-3)18-25(16-20)37-4)21-8-12-23(13-9-21)38-22-10-5-19(6-11-22)7-14-27(33)31-29(30)35/h5-6,8-13,15-18H,7,14H2,1-4H3,(H3,30,31,33,35)/b26-17+. The number of primary amides is 1. The molecule has 4 amide bonds. The van der Waals surface area contributed by atoms with Gasteiger partial charge in [-0.3, -0.25) is 14.9 Å². The molecule has 0 aliphatic heterocycles. The molecule has 0 atom stereocenters. The van der Waals surface area contributed by atoms with Crippen LogP contribution in [0.25, 0.3) is 11.6 Å². The number of amides is 4. The first kappa shape index (κ1) is 27.8. The first-order valence-electron chi connectivity index (χ1n) is 11.8. The normalized spacial score (nSPS) is 10.9. The minimum absolute atomic E-state index is 0.147. The van der Waals surface area contributed by atoms with Gasteiger partial charge < -0.3 is 24.8 Å². The molecule has 0 radical (unpaired) electrons. The number of nitrogens with two attached hydrogens (primary N) is 1.